The van der Waals surface area contributed by atoms with Crippen LogP contribution < -0.4 is 10.1 Å². The van der Waals surface area contributed by atoms with Crippen LogP contribution in [0.3, 0.4) is 0 Å². The van der Waals surface area contributed by atoms with Crippen molar-refractivity contribution in [3.05, 3.63) is 18.1 Å². The quantitative estimate of drug-likeness (QED) is 0.825. The van der Waals surface area contributed by atoms with Crippen LogP contribution in [0.25, 0.3) is 0 Å². The van der Waals surface area contributed by atoms with Crippen molar-refractivity contribution in [1.29, 1.82) is 0 Å². The Balaban J connectivity index is 1.67. The lowest BCUT2D eigenvalue weighted by Gasteiger charge is -2.25. The van der Waals surface area contributed by atoms with E-state index in [1.54, 1.807) is 12.4 Å². The maximum Gasteiger partial charge on any atom is 0.232 e. The summed E-state index contributed by atoms with van der Waals surface area (Å²) in [5.74, 6) is 0.621. The standard InChI is InChI=1S/C15H26N4O/c1-13(2)16-10-14-11-18-15(12-17-14)20-9-8-19-6-4-3-5-7-19/h11-13,16H,3-10H2,1-2H3. The third-order valence-corrected chi connectivity index (χ3v) is 3.48. The van der Waals surface area contributed by atoms with Gasteiger partial charge in [0.15, 0.2) is 0 Å². The molecule has 1 saturated heterocycles. The molecule has 0 unspecified atom stereocenters. The summed E-state index contributed by atoms with van der Waals surface area (Å²) in [5.41, 5.74) is 0.946. The average Bonchev–Trinajstić information content (AvgIpc) is 2.47. The molecule has 5 heteroatoms. The molecule has 0 radical (unpaired) electrons. The lowest BCUT2D eigenvalue weighted by atomic mass is 10.1. The Bertz CT molecular complexity index is 374. The first-order valence-electron chi connectivity index (χ1n) is 7.63. The van der Waals surface area contributed by atoms with Gasteiger partial charge >= 0.3 is 0 Å². The first kappa shape index (κ1) is 15.2. The van der Waals surface area contributed by atoms with Crippen molar-refractivity contribution >= 4 is 0 Å². The minimum atomic E-state index is 0.456. The van der Waals surface area contributed by atoms with Gasteiger partial charge in [0, 0.05) is 19.1 Å². The third kappa shape index (κ3) is 5.43. The van der Waals surface area contributed by atoms with E-state index < -0.39 is 0 Å². The number of hydrogen-bond donors (Lipinski definition) is 1. The van der Waals surface area contributed by atoms with Gasteiger partial charge < -0.3 is 10.1 Å². The van der Waals surface area contributed by atoms with Crippen molar-refractivity contribution in [2.24, 2.45) is 0 Å². The van der Waals surface area contributed by atoms with Crippen LogP contribution in [0.15, 0.2) is 12.4 Å². The minimum Gasteiger partial charge on any atom is -0.475 e. The number of nitrogens with one attached hydrogen (secondary N) is 1. The van der Waals surface area contributed by atoms with Crippen LogP contribution in [0.1, 0.15) is 38.8 Å². The summed E-state index contributed by atoms with van der Waals surface area (Å²) in [6.45, 7) is 9.07. The molecule has 1 N–H and O–H groups in total. The molecule has 0 aromatic carbocycles. The molecule has 0 bridgehead atoms. The fourth-order valence-electron chi connectivity index (χ4n) is 2.28. The highest BCUT2D eigenvalue weighted by Gasteiger charge is 2.09. The van der Waals surface area contributed by atoms with Gasteiger partial charge in [0.1, 0.15) is 6.61 Å². The maximum absolute atomic E-state index is 5.65. The summed E-state index contributed by atoms with van der Waals surface area (Å²) < 4.78 is 5.65. The maximum atomic E-state index is 5.65. The fraction of sp³-hybridized carbons (Fsp3) is 0.733. The molecule has 0 saturated carbocycles. The van der Waals surface area contributed by atoms with Crippen LogP contribution >= 0.6 is 0 Å². The number of likely N-dealkylation sites (tertiary alicyclic amines) is 1. The molecule has 1 aliphatic rings. The number of hydrogen-bond acceptors (Lipinski definition) is 5. The number of aromatic nitrogens is 2. The molecule has 5 nitrogen and oxygen atoms in total. The van der Waals surface area contributed by atoms with E-state index in [9.17, 15) is 0 Å². The monoisotopic (exact) mass is 278 g/mol. The van der Waals surface area contributed by atoms with E-state index in [0.717, 1.165) is 18.8 Å². The number of rotatable bonds is 7. The Morgan fingerprint density at radius 1 is 1.20 bits per heavy atom. The van der Waals surface area contributed by atoms with Crippen LogP contribution in [0.4, 0.5) is 0 Å². The second-order valence-electron chi connectivity index (χ2n) is 5.63. The summed E-state index contributed by atoms with van der Waals surface area (Å²) >= 11 is 0. The SMILES string of the molecule is CC(C)NCc1cnc(OCCN2CCCCC2)cn1. The van der Waals surface area contributed by atoms with E-state index in [2.05, 4.69) is 34.0 Å². The fourth-order valence-corrected chi connectivity index (χ4v) is 2.28. The van der Waals surface area contributed by atoms with Gasteiger partial charge in [-0.15, -0.1) is 0 Å². The summed E-state index contributed by atoms with van der Waals surface area (Å²) in [7, 11) is 0. The van der Waals surface area contributed by atoms with Gasteiger partial charge in [0.25, 0.3) is 0 Å². The number of piperidine rings is 1. The molecule has 1 fully saturated rings. The molecule has 0 amide bonds. The summed E-state index contributed by atoms with van der Waals surface area (Å²) in [4.78, 5) is 11.1. The third-order valence-electron chi connectivity index (χ3n) is 3.48. The van der Waals surface area contributed by atoms with E-state index in [1.165, 1.54) is 32.4 Å². The second-order valence-corrected chi connectivity index (χ2v) is 5.63. The average molecular weight is 278 g/mol. The molecule has 2 rings (SSSR count). The van der Waals surface area contributed by atoms with Crippen molar-refractivity contribution in [1.82, 2.24) is 20.2 Å². The van der Waals surface area contributed by atoms with Crippen LogP contribution in [0.5, 0.6) is 5.88 Å². The zero-order chi connectivity index (χ0) is 14.2. The van der Waals surface area contributed by atoms with E-state index in [4.69, 9.17) is 4.74 Å². The van der Waals surface area contributed by atoms with Gasteiger partial charge in [0.2, 0.25) is 5.88 Å². The van der Waals surface area contributed by atoms with Gasteiger partial charge in [-0.05, 0) is 25.9 Å². The van der Waals surface area contributed by atoms with E-state index in [1.807, 2.05) is 0 Å². The van der Waals surface area contributed by atoms with E-state index in [0.29, 0.717) is 18.5 Å². The highest BCUT2D eigenvalue weighted by Crippen LogP contribution is 2.09. The van der Waals surface area contributed by atoms with Gasteiger partial charge in [-0.25, -0.2) is 4.98 Å². The van der Waals surface area contributed by atoms with Crippen LogP contribution in [-0.2, 0) is 6.54 Å². The van der Waals surface area contributed by atoms with Gasteiger partial charge in [-0.1, -0.05) is 20.3 Å². The number of nitrogens with zero attached hydrogens (tertiary/aromatic N) is 3. The topological polar surface area (TPSA) is 50.3 Å². The molecule has 1 aliphatic heterocycles. The van der Waals surface area contributed by atoms with Gasteiger partial charge in [-0.2, -0.15) is 0 Å². The van der Waals surface area contributed by atoms with E-state index >= 15 is 0 Å². The smallest absolute Gasteiger partial charge is 0.232 e. The Labute approximate surface area is 121 Å². The first-order chi connectivity index (χ1) is 9.74. The Morgan fingerprint density at radius 3 is 2.65 bits per heavy atom. The normalized spacial score (nSPS) is 16.6. The Kier molecular flexibility index (Phi) is 6.21. The van der Waals surface area contributed by atoms with E-state index in [-0.39, 0.29) is 0 Å². The molecule has 0 spiro atoms. The second kappa shape index (κ2) is 8.17. The highest BCUT2D eigenvalue weighted by molar-refractivity contribution is 5.07. The molecule has 1 aromatic rings. The van der Waals surface area contributed by atoms with Crippen molar-refractivity contribution in [3.8, 4) is 5.88 Å². The van der Waals surface area contributed by atoms with Crippen LogP contribution in [0, 0.1) is 0 Å². The molecular formula is C15H26N4O. The van der Waals surface area contributed by atoms with Crippen molar-refractivity contribution in [2.75, 3.05) is 26.2 Å². The molecular weight excluding hydrogens is 252 g/mol. The molecule has 112 valence electrons. The molecule has 20 heavy (non-hydrogen) atoms. The minimum absolute atomic E-state index is 0.456. The lowest BCUT2D eigenvalue weighted by molar-refractivity contribution is 0.180. The molecule has 1 aromatic heterocycles. The first-order valence-corrected chi connectivity index (χ1v) is 7.63. The van der Waals surface area contributed by atoms with Crippen molar-refractivity contribution in [3.63, 3.8) is 0 Å². The van der Waals surface area contributed by atoms with Crippen molar-refractivity contribution < 1.29 is 4.74 Å². The lowest BCUT2D eigenvalue weighted by Crippen LogP contribution is -2.33. The molecule has 0 aliphatic carbocycles. The summed E-state index contributed by atoms with van der Waals surface area (Å²) in [6.07, 6.45) is 7.50. The van der Waals surface area contributed by atoms with Crippen molar-refractivity contribution in [2.45, 2.75) is 45.7 Å². The Hall–Kier alpha value is -1.20. The zero-order valence-corrected chi connectivity index (χ0v) is 12.6. The Morgan fingerprint density at radius 2 is 2.00 bits per heavy atom. The number of ether oxygens (including phenoxy) is 1. The molecule has 0 atom stereocenters. The van der Waals surface area contributed by atoms with Gasteiger partial charge in [-0.3, -0.25) is 9.88 Å². The summed E-state index contributed by atoms with van der Waals surface area (Å²) in [6, 6.07) is 0.456. The van der Waals surface area contributed by atoms with Gasteiger partial charge in [0.05, 0.1) is 18.1 Å². The zero-order valence-electron chi connectivity index (χ0n) is 12.6. The molecule has 2 heterocycles. The predicted octanol–water partition coefficient (Wildman–Crippen LogP) is 1.84. The van der Waals surface area contributed by atoms with Crippen LogP contribution in [0.2, 0.25) is 0 Å². The predicted molar refractivity (Wildman–Crippen MR) is 79.8 cm³/mol. The largest absolute Gasteiger partial charge is 0.475 e. The highest BCUT2D eigenvalue weighted by atomic mass is 16.5. The van der Waals surface area contributed by atoms with Crippen LogP contribution in [-0.4, -0.2) is 47.2 Å². The summed E-state index contributed by atoms with van der Waals surface area (Å²) in [5, 5.41) is 3.32.